The minimum absolute atomic E-state index is 0.283. The first-order valence-corrected chi connectivity index (χ1v) is 9.10. The van der Waals surface area contributed by atoms with Crippen molar-refractivity contribution in [1.29, 1.82) is 0 Å². The second-order valence-corrected chi connectivity index (χ2v) is 6.40. The maximum atomic E-state index is 12.4. The van der Waals surface area contributed by atoms with Crippen molar-refractivity contribution in [3.8, 4) is 5.75 Å². The van der Waals surface area contributed by atoms with Gasteiger partial charge in [-0.1, -0.05) is 66.7 Å². The number of carbonyl (C=O) groups excluding carboxylic acids is 1. The van der Waals surface area contributed by atoms with Gasteiger partial charge in [0.25, 0.3) is 0 Å². The van der Waals surface area contributed by atoms with Crippen molar-refractivity contribution >= 4 is 28.2 Å². The zero-order valence-electron chi connectivity index (χ0n) is 15.3. The molecular weight excluding hydrogens is 348 g/mol. The first-order chi connectivity index (χ1) is 13.8. The molecule has 0 aliphatic rings. The highest BCUT2D eigenvalue weighted by molar-refractivity contribution is 6.06. The van der Waals surface area contributed by atoms with Crippen LogP contribution in [0.1, 0.15) is 5.56 Å². The molecular formula is C24H20N2O2. The highest BCUT2D eigenvalue weighted by Gasteiger charge is 2.06. The minimum Gasteiger partial charge on any atom is -0.489 e. The Bertz CT molecular complexity index is 1070. The molecule has 0 atom stereocenters. The molecule has 0 aromatic heterocycles. The van der Waals surface area contributed by atoms with Gasteiger partial charge in [0.1, 0.15) is 12.4 Å². The van der Waals surface area contributed by atoms with E-state index >= 15 is 0 Å². The van der Waals surface area contributed by atoms with Gasteiger partial charge in [-0.3, -0.25) is 0 Å². The topological polar surface area (TPSA) is 50.4 Å². The summed E-state index contributed by atoms with van der Waals surface area (Å²) < 4.78 is 5.77. The molecule has 4 heteroatoms. The number of anilines is 2. The monoisotopic (exact) mass is 368 g/mol. The molecule has 4 nitrogen and oxygen atoms in total. The summed E-state index contributed by atoms with van der Waals surface area (Å²) in [6, 6.07) is 30.8. The lowest BCUT2D eigenvalue weighted by Crippen LogP contribution is -2.19. The Labute approximate surface area is 163 Å². The fourth-order valence-corrected chi connectivity index (χ4v) is 2.99. The molecule has 0 saturated carbocycles. The summed E-state index contributed by atoms with van der Waals surface area (Å²) >= 11 is 0. The Balaban J connectivity index is 1.36. The number of fused-ring (bicyclic) bond motifs is 1. The predicted octanol–water partition coefficient (Wildman–Crippen LogP) is 6.06. The zero-order chi connectivity index (χ0) is 19.2. The Morgan fingerprint density at radius 3 is 2.25 bits per heavy atom. The summed E-state index contributed by atoms with van der Waals surface area (Å²) in [5, 5.41) is 7.85. The minimum atomic E-state index is -0.283. The molecule has 0 spiro atoms. The van der Waals surface area contributed by atoms with E-state index in [2.05, 4.69) is 10.6 Å². The third kappa shape index (κ3) is 4.30. The summed E-state index contributed by atoms with van der Waals surface area (Å²) in [5.41, 5.74) is 2.59. The smallest absolute Gasteiger partial charge is 0.323 e. The Morgan fingerprint density at radius 1 is 0.714 bits per heavy atom. The van der Waals surface area contributed by atoms with Crippen LogP contribution in [0.25, 0.3) is 10.8 Å². The Hall–Kier alpha value is -3.79. The van der Waals surface area contributed by atoms with Crippen LogP contribution in [0.5, 0.6) is 5.75 Å². The molecule has 0 saturated heterocycles. The second kappa shape index (κ2) is 8.27. The molecule has 0 heterocycles. The molecule has 4 aromatic rings. The van der Waals surface area contributed by atoms with Crippen molar-refractivity contribution < 1.29 is 9.53 Å². The van der Waals surface area contributed by atoms with E-state index in [9.17, 15) is 4.79 Å². The summed E-state index contributed by atoms with van der Waals surface area (Å²) in [7, 11) is 0. The molecule has 0 aliphatic carbocycles. The summed E-state index contributed by atoms with van der Waals surface area (Å²) in [6.45, 7) is 0.509. The van der Waals surface area contributed by atoms with Gasteiger partial charge in [-0.15, -0.1) is 0 Å². The lowest BCUT2D eigenvalue weighted by atomic mass is 10.1. The Morgan fingerprint density at radius 2 is 1.43 bits per heavy atom. The van der Waals surface area contributed by atoms with Crippen molar-refractivity contribution in [2.75, 3.05) is 10.6 Å². The number of ether oxygens (including phenoxy) is 1. The van der Waals surface area contributed by atoms with Crippen LogP contribution in [0.15, 0.2) is 97.1 Å². The molecule has 0 unspecified atom stereocenters. The number of carbonyl (C=O) groups is 1. The summed E-state index contributed by atoms with van der Waals surface area (Å²) in [5.74, 6) is 0.754. The van der Waals surface area contributed by atoms with Crippen LogP contribution in [0, 0.1) is 0 Å². The van der Waals surface area contributed by atoms with Crippen LogP contribution in [0.3, 0.4) is 0 Å². The second-order valence-electron chi connectivity index (χ2n) is 6.40. The number of benzene rings is 4. The first-order valence-electron chi connectivity index (χ1n) is 9.10. The molecule has 138 valence electrons. The average Bonchev–Trinajstić information content (AvgIpc) is 2.74. The van der Waals surface area contributed by atoms with Gasteiger partial charge < -0.3 is 15.4 Å². The van der Waals surface area contributed by atoms with Crippen LogP contribution in [-0.2, 0) is 6.61 Å². The predicted molar refractivity (Wildman–Crippen MR) is 114 cm³/mol. The van der Waals surface area contributed by atoms with Crippen molar-refractivity contribution in [2.24, 2.45) is 0 Å². The summed E-state index contributed by atoms with van der Waals surface area (Å²) in [4.78, 5) is 12.4. The molecule has 0 bridgehead atoms. The standard InChI is InChI=1S/C24H20N2O2/c27-24(26-23-12-6-10-19-9-4-5-11-22(19)23)25-20-13-15-21(16-14-20)28-17-18-7-2-1-3-8-18/h1-16H,17H2,(H2,25,26,27). The first kappa shape index (κ1) is 17.6. The van der Waals surface area contributed by atoms with E-state index in [-0.39, 0.29) is 6.03 Å². The number of rotatable bonds is 5. The fourth-order valence-electron chi connectivity index (χ4n) is 2.99. The van der Waals surface area contributed by atoms with E-state index in [0.29, 0.717) is 12.3 Å². The normalized spacial score (nSPS) is 10.4. The number of hydrogen-bond acceptors (Lipinski definition) is 2. The molecule has 4 aromatic carbocycles. The van der Waals surface area contributed by atoms with Gasteiger partial charge in [0.2, 0.25) is 0 Å². The van der Waals surface area contributed by atoms with E-state index in [0.717, 1.165) is 27.8 Å². The SMILES string of the molecule is O=C(Nc1ccc(OCc2ccccc2)cc1)Nc1cccc2ccccc12. The molecule has 0 fully saturated rings. The van der Waals surface area contributed by atoms with Gasteiger partial charge in [-0.2, -0.15) is 0 Å². The van der Waals surface area contributed by atoms with Crippen molar-refractivity contribution in [1.82, 2.24) is 0 Å². The molecule has 4 rings (SSSR count). The molecule has 28 heavy (non-hydrogen) atoms. The van der Waals surface area contributed by atoms with Gasteiger partial charge in [0.15, 0.2) is 0 Å². The van der Waals surface area contributed by atoms with Crippen LogP contribution < -0.4 is 15.4 Å². The van der Waals surface area contributed by atoms with E-state index in [1.807, 2.05) is 97.1 Å². The van der Waals surface area contributed by atoms with Gasteiger partial charge in [0, 0.05) is 11.1 Å². The average molecular weight is 368 g/mol. The van der Waals surface area contributed by atoms with Crippen LogP contribution in [-0.4, -0.2) is 6.03 Å². The largest absolute Gasteiger partial charge is 0.489 e. The maximum Gasteiger partial charge on any atom is 0.323 e. The Kier molecular flexibility index (Phi) is 5.20. The third-order valence-electron chi connectivity index (χ3n) is 4.40. The zero-order valence-corrected chi connectivity index (χ0v) is 15.3. The lowest BCUT2D eigenvalue weighted by Gasteiger charge is -2.11. The van der Waals surface area contributed by atoms with Gasteiger partial charge in [-0.05, 0) is 41.3 Å². The molecule has 0 aliphatic heterocycles. The van der Waals surface area contributed by atoms with E-state index < -0.39 is 0 Å². The quantitative estimate of drug-likeness (QED) is 0.450. The number of nitrogens with one attached hydrogen (secondary N) is 2. The molecule has 2 amide bonds. The van der Waals surface area contributed by atoms with Crippen LogP contribution in [0.2, 0.25) is 0 Å². The van der Waals surface area contributed by atoms with Gasteiger partial charge in [-0.25, -0.2) is 4.79 Å². The van der Waals surface area contributed by atoms with E-state index in [4.69, 9.17) is 4.74 Å². The van der Waals surface area contributed by atoms with Crippen LogP contribution >= 0.6 is 0 Å². The third-order valence-corrected chi connectivity index (χ3v) is 4.40. The van der Waals surface area contributed by atoms with Crippen molar-refractivity contribution in [2.45, 2.75) is 6.61 Å². The number of hydrogen-bond donors (Lipinski definition) is 2. The molecule has 0 radical (unpaired) electrons. The highest BCUT2D eigenvalue weighted by atomic mass is 16.5. The van der Waals surface area contributed by atoms with E-state index in [1.165, 1.54) is 0 Å². The number of amides is 2. The van der Waals surface area contributed by atoms with Gasteiger partial charge in [0.05, 0.1) is 5.69 Å². The molecule has 2 N–H and O–H groups in total. The maximum absolute atomic E-state index is 12.4. The van der Waals surface area contributed by atoms with Crippen molar-refractivity contribution in [3.05, 3.63) is 103 Å². The van der Waals surface area contributed by atoms with Crippen molar-refractivity contribution in [3.63, 3.8) is 0 Å². The summed E-state index contributed by atoms with van der Waals surface area (Å²) in [6.07, 6.45) is 0. The fraction of sp³-hybridized carbons (Fsp3) is 0.0417. The lowest BCUT2D eigenvalue weighted by molar-refractivity contribution is 0.262. The van der Waals surface area contributed by atoms with Gasteiger partial charge >= 0.3 is 6.03 Å². The number of urea groups is 1. The van der Waals surface area contributed by atoms with Crippen LogP contribution in [0.4, 0.5) is 16.2 Å². The highest BCUT2D eigenvalue weighted by Crippen LogP contribution is 2.23. The van der Waals surface area contributed by atoms with E-state index in [1.54, 1.807) is 0 Å².